The molecule has 0 unspecified atom stereocenters. The summed E-state index contributed by atoms with van der Waals surface area (Å²) in [4.78, 5) is 28.7. The molecule has 7 heteroatoms. The first kappa shape index (κ1) is 17.4. The van der Waals surface area contributed by atoms with Crippen LogP contribution in [-0.2, 0) is 4.79 Å². The molecule has 0 radical (unpaired) electrons. The summed E-state index contributed by atoms with van der Waals surface area (Å²) in [5.41, 5.74) is 20.6. The monoisotopic (exact) mass is 327 g/mol. The number of benzene rings is 2. The predicted octanol–water partition coefficient (Wildman–Crippen LogP) is 0.259. The van der Waals surface area contributed by atoms with Crippen LogP contribution < -0.4 is 22.9 Å². The van der Waals surface area contributed by atoms with Gasteiger partial charge in [-0.2, -0.15) is 0 Å². The number of guanidine groups is 1. The van der Waals surface area contributed by atoms with Crippen LogP contribution in [-0.4, -0.2) is 29.7 Å². The molecule has 2 rings (SSSR count). The number of hydrogen-bond donors (Lipinski definition) is 4. The molecule has 0 aromatic heterocycles. The predicted molar refractivity (Wildman–Crippen MR) is 94.3 cm³/mol. The van der Waals surface area contributed by atoms with Crippen LogP contribution in [0.5, 0.6) is 0 Å². The third-order valence-corrected chi connectivity index (χ3v) is 3.90. The first-order valence-corrected chi connectivity index (χ1v) is 7.53. The lowest BCUT2D eigenvalue weighted by Gasteiger charge is -2.24. The number of nitrogens with two attached hydrogens (primary N) is 4. The number of aliphatic imine (C=N–C) groups is 1. The highest BCUT2D eigenvalue weighted by molar-refractivity contribution is 6.21. The van der Waals surface area contributed by atoms with Gasteiger partial charge in [0, 0.05) is 12.1 Å². The molecule has 24 heavy (non-hydrogen) atoms. The van der Waals surface area contributed by atoms with Gasteiger partial charge in [-0.1, -0.05) is 42.5 Å². The molecule has 7 nitrogen and oxygen atoms in total. The van der Waals surface area contributed by atoms with E-state index in [2.05, 4.69) is 4.99 Å². The molecule has 0 aliphatic rings. The van der Waals surface area contributed by atoms with Crippen molar-refractivity contribution in [2.75, 3.05) is 6.54 Å². The Balaban J connectivity index is 2.34. The lowest BCUT2D eigenvalue weighted by molar-refractivity contribution is -0.121. The van der Waals surface area contributed by atoms with Crippen LogP contribution in [0.3, 0.4) is 0 Å². The zero-order valence-corrected chi connectivity index (χ0v) is 13.2. The quantitative estimate of drug-likeness (QED) is 0.189. The summed E-state index contributed by atoms with van der Waals surface area (Å²) in [6.07, 6.45) is 0.412. The summed E-state index contributed by atoms with van der Waals surface area (Å²) in [7, 11) is 0. The van der Waals surface area contributed by atoms with Gasteiger partial charge in [-0.15, -0.1) is 0 Å². The van der Waals surface area contributed by atoms with Crippen molar-refractivity contribution < 1.29 is 9.59 Å². The minimum absolute atomic E-state index is 0.0567. The van der Waals surface area contributed by atoms with E-state index in [4.69, 9.17) is 22.9 Å². The minimum Gasteiger partial charge on any atom is -0.370 e. The molecule has 2 aromatic carbocycles. The Labute approximate surface area is 139 Å². The van der Waals surface area contributed by atoms with E-state index in [-0.39, 0.29) is 18.9 Å². The van der Waals surface area contributed by atoms with E-state index in [1.165, 1.54) is 0 Å². The fourth-order valence-corrected chi connectivity index (χ4v) is 2.58. The molecule has 126 valence electrons. The molecule has 8 N–H and O–H groups in total. The van der Waals surface area contributed by atoms with Crippen molar-refractivity contribution in [2.45, 2.75) is 18.4 Å². The van der Waals surface area contributed by atoms with E-state index in [9.17, 15) is 9.59 Å². The van der Waals surface area contributed by atoms with Gasteiger partial charge in [-0.25, -0.2) is 0 Å². The summed E-state index contributed by atoms with van der Waals surface area (Å²) in [6.45, 7) is 0.261. The lowest BCUT2D eigenvalue weighted by Crippen LogP contribution is -2.58. The summed E-state index contributed by atoms with van der Waals surface area (Å²) >= 11 is 0. The van der Waals surface area contributed by atoms with Gasteiger partial charge < -0.3 is 22.9 Å². The van der Waals surface area contributed by atoms with Crippen LogP contribution in [0.4, 0.5) is 0 Å². The second kappa shape index (κ2) is 7.10. The largest absolute Gasteiger partial charge is 0.370 e. The average molecular weight is 327 g/mol. The molecule has 0 bridgehead atoms. The van der Waals surface area contributed by atoms with Gasteiger partial charge in [0.25, 0.3) is 0 Å². The fraction of sp³-hybridized carbons (Fsp3) is 0.235. The van der Waals surface area contributed by atoms with Crippen LogP contribution in [0.15, 0.2) is 47.5 Å². The number of amides is 1. The number of carbonyl (C=O) groups excluding carboxylic acids is 2. The molecule has 0 saturated carbocycles. The standard InChI is InChI=1S/C17H21N5O2/c18-15(24)17(21,9-4-10-22-16(19)20)14(23)13-8-3-6-11-5-1-2-7-12(11)13/h1-3,5-8H,4,9-10,21H2,(H2,18,24)(H4,19,20,22)/t17-/m1/s1. The van der Waals surface area contributed by atoms with E-state index in [0.29, 0.717) is 12.0 Å². The third-order valence-electron chi connectivity index (χ3n) is 3.90. The van der Waals surface area contributed by atoms with E-state index in [1.54, 1.807) is 12.1 Å². The van der Waals surface area contributed by atoms with E-state index in [1.807, 2.05) is 30.3 Å². The Morgan fingerprint density at radius 3 is 2.33 bits per heavy atom. The second-order valence-corrected chi connectivity index (χ2v) is 5.60. The Bertz CT molecular complexity index is 793. The molecular weight excluding hydrogens is 306 g/mol. The summed E-state index contributed by atoms with van der Waals surface area (Å²) in [6, 6.07) is 12.7. The normalized spacial score (nSPS) is 13.2. The summed E-state index contributed by atoms with van der Waals surface area (Å²) in [5, 5.41) is 1.61. The van der Waals surface area contributed by atoms with Crippen LogP contribution >= 0.6 is 0 Å². The van der Waals surface area contributed by atoms with Crippen molar-refractivity contribution in [2.24, 2.45) is 27.9 Å². The van der Waals surface area contributed by atoms with Crippen molar-refractivity contribution in [3.63, 3.8) is 0 Å². The molecule has 0 aliphatic carbocycles. The Morgan fingerprint density at radius 2 is 1.67 bits per heavy atom. The highest BCUT2D eigenvalue weighted by Crippen LogP contribution is 2.24. The second-order valence-electron chi connectivity index (χ2n) is 5.60. The SMILES string of the molecule is NC(=O)[C@@](N)(CCCN=C(N)N)C(=O)c1cccc2ccccc12. The highest BCUT2D eigenvalue weighted by atomic mass is 16.2. The van der Waals surface area contributed by atoms with Crippen molar-refractivity contribution in [3.05, 3.63) is 48.0 Å². The van der Waals surface area contributed by atoms with Crippen LogP contribution in [0.2, 0.25) is 0 Å². The van der Waals surface area contributed by atoms with E-state index < -0.39 is 17.2 Å². The smallest absolute Gasteiger partial charge is 0.245 e. The fourth-order valence-electron chi connectivity index (χ4n) is 2.58. The molecule has 0 saturated heterocycles. The Morgan fingerprint density at radius 1 is 1.00 bits per heavy atom. The molecule has 2 aromatic rings. The highest BCUT2D eigenvalue weighted by Gasteiger charge is 2.40. The van der Waals surface area contributed by atoms with Crippen molar-refractivity contribution >= 4 is 28.4 Å². The number of primary amides is 1. The van der Waals surface area contributed by atoms with E-state index in [0.717, 1.165) is 10.8 Å². The van der Waals surface area contributed by atoms with Gasteiger partial charge in [-0.3, -0.25) is 14.6 Å². The molecule has 0 spiro atoms. The van der Waals surface area contributed by atoms with E-state index >= 15 is 0 Å². The maximum absolute atomic E-state index is 12.9. The molecule has 0 fully saturated rings. The first-order chi connectivity index (χ1) is 11.4. The number of rotatable bonds is 7. The van der Waals surface area contributed by atoms with Crippen LogP contribution in [0.1, 0.15) is 23.2 Å². The number of fused-ring (bicyclic) bond motifs is 1. The number of ketones is 1. The Kier molecular flexibility index (Phi) is 5.15. The lowest BCUT2D eigenvalue weighted by atomic mass is 9.83. The summed E-state index contributed by atoms with van der Waals surface area (Å²) < 4.78 is 0. The number of carbonyl (C=O) groups is 2. The van der Waals surface area contributed by atoms with Gasteiger partial charge in [-0.05, 0) is 23.6 Å². The van der Waals surface area contributed by atoms with Crippen LogP contribution in [0.25, 0.3) is 10.8 Å². The van der Waals surface area contributed by atoms with Gasteiger partial charge in [0.1, 0.15) is 0 Å². The molecule has 1 amide bonds. The van der Waals surface area contributed by atoms with Crippen molar-refractivity contribution in [3.8, 4) is 0 Å². The van der Waals surface area contributed by atoms with Gasteiger partial charge in [0.15, 0.2) is 17.3 Å². The molecule has 1 atom stereocenters. The van der Waals surface area contributed by atoms with Gasteiger partial charge >= 0.3 is 0 Å². The zero-order valence-electron chi connectivity index (χ0n) is 13.2. The molecule has 0 aliphatic heterocycles. The number of hydrogen-bond acceptors (Lipinski definition) is 4. The van der Waals surface area contributed by atoms with Gasteiger partial charge in [0.05, 0.1) is 0 Å². The Hall–Kier alpha value is -2.93. The number of Topliss-reactive ketones (excluding diaryl/α,β-unsaturated/α-hetero) is 1. The maximum atomic E-state index is 12.9. The topological polar surface area (TPSA) is 151 Å². The zero-order chi connectivity index (χ0) is 17.7. The number of nitrogens with zero attached hydrogens (tertiary/aromatic N) is 1. The average Bonchev–Trinajstić information content (AvgIpc) is 2.57. The molecular formula is C17H21N5O2. The van der Waals surface area contributed by atoms with Crippen molar-refractivity contribution in [1.82, 2.24) is 0 Å². The first-order valence-electron chi connectivity index (χ1n) is 7.53. The van der Waals surface area contributed by atoms with Gasteiger partial charge in [0.2, 0.25) is 5.91 Å². The third kappa shape index (κ3) is 3.52. The maximum Gasteiger partial charge on any atom is 0.245 e. The molecule has 0 heterocycles. The minimum atomic E-state index is -1.80. The van der Waals surface area contributed by atoms with Crippen molar-refractivity contribution in [1.29, 1.82) is 0 Å². The van der Waals surface area contributed by atoms with Crippen LogP contribution in [0, 0.1) is 0 Å². The summed E-state index contributed by atoms with van der Waals surface area (Å²) in [5.74, 6) is -1.43.